The molecule has 1 heterocycles. The predicted octanol–water partition coefficient (Wildman–Crippen LogP) is 2.35. The molecule has 0 saturated carbocycles. The Morgan fingerprint density at radius 3 is 2.88 bits per heavy atom. The van der Waals surface area contributed by atoms with E-state index in [0.29, 0.717) is 18.9 Å². The van der Waals surface area contributed by atoms with Crippen LogP contribution in [0.15, 0.2) is 12.4 Å². The zero-order valence-corrected chi connectivity index (χ0v) is 10.3. The van der Waals surface area contributed by atoms with Gasteiger partial charge in [0.25, 0.3) is 0 Å². The number of rotatable bonds is 6. The van der Waals surface area contributed by atoms with E-state index in [4.69, 9.17) is 4.74 Å². The lowest BCUT2D eigenvalue weighted by Crippen LogP contribution is -2.06. The summed E-state index contributed by atoms with van der Waals surface area (Å²) in [5.41, 5.74) is 1.23. The minimum Gasteiger partial charge on any atom is -0.466 e. The maximum atomic E-state index is 11.1. The van der Waals surface area contributed by atoms with Crippen molar-refractivity contribution in [2.24, 2.45) is 0 Å². The van der Waals surface area contributed by atoms with Crippen LogP contribution >= 0.6 is 0 Å². The Bertz CT molecular complexity index is 332. The van der Waals surface area contributed by atoms with Crippen molar-refractivity contribution in [2.45, 2.75) is 46.1 Å². The van der Waals surface area contributed by atoms with Gasteiger partial charge < -0.3 is 4.74 Å². The second-order valence-corrected chi connectivity index (χ2v) is 4.10. The van der Waals surface area contributed by atoms with Gasteiger partial charge in [0.1, 0.15) is 0 Å². The smallest absolute Gasteiger partial charge is 0.305 e. The zero-order valence-electron chi connectivity index (χ0n) is 10.3. The van der Waals surface area contributed by atoms with Crippen molar-refractivity contribution in [1.82, 2.24) is 9.78 Å². The summed E-state index contributed by atoms with van der Waals surface area (Å²) in [7, 11) is 0. The maximum Gasteiger partial charge on any atom is 0.305 e. The number of esters is 1. The summed E-state index contributed by atoms with van der Waals surface area (Å²) in [6.07, 6.45) is 5.16. The van der Waals surface area contributed by atoms with Gasteiger partial charge in [0.2, 0.25) is 0 Å². The normalized spacial score (nSPS) is 10.8. The topological polar surface area (TPSA) is 44.1 Å². The second-order valence-electron chi connectivity index (χ2n) is 4.10. The van der Waals surface area contributed by atoms with Crippen molar-refractivity contribution >= 4 is 5.97 Å². The molecule has 0 saturated heterocycles. The third-order valence-electron chi connectivity index (χ3n) is 2.39. The van der Waals surface area contributed by atoms with Crippen molar-refractivity contribution in [3.63, 3.8) is 0 Å². The number of hydrogen-bond donors (Lipinski definition) is 0. The molecule has 0 aliphatic rings. The Morgan fingerprint density at radius 2 is 2.31 bits per heavy atom. The summed E-state index contributed by atoms with van der Waals surface area (Å²) in [4.78, 5) is 11.1. The number of aromatic nitrogens is 2. The molecule has 0 spiro atoms. The van der Waals surface area contributed by atoms with E-state index < -0.39 is 0 Å². The molecule has 0 aliphatic heterocycles. The van der Waals surface area contributed by atoms with Gasteiger partial charge in [-0.3, -0.25) is 9.48 Å². The average Bonchev–Trinajstić information content (AvgIpc) is 2.67. The minimum absolute atomic E-state index is 0.126. The summed E-state index contributed by atoms with van der Waals surface area (Å²) < 4.78 is 6.74. The molecule has 0 N–H and O–H groups in total. The van der Waals surface area contributed by atoms with Crippen LogP contribution in [0, 0.1) is 0 Å². The van der Waals surface area contributed by atoms with Crippen LogP contribution in [0.1, 0.15) is 45.1 Å². The molecule has 0 unspecified atom stereocenters. The van der Waals surface area contributed by atoms with Crippen LogP contribution in [0.5, 0.6) is 0 Å². The first-order valence-corrected chi connectivity index (χ1v) is 5.81. The number of nitrogens with zero attached hydrogens (tertiary/aromatic N) is 2. The molecule has 4 nitrogen and oxygen atoms in total. The van der Waals surface area contributed by atoms with Gasteiger partial charge >= 0.3 is 5.97 Å². The van der Waals surface area contributed by atoms with E-state index in [9.17, 15) is 4.79 Å². The standard InChI is InChI=1S/C12H20N2O2/c1-4-16-12(15)6-5-7-14-9-11(8-13-14)10(2)3/h8-10H,4-7H2,1-3H3. The molecule has 0 aliphatic carbocycles. The van der Waals surface area contributed by atoms with E-state index in [-0.39, 0.29) is 5.97 Å². The van der Waals surface area contributed by atoms with Crippen molar-refractivity contribution < 1.29 is 9.53 Å². The zero-order chi connectivity index (χ0) is 12.0. The van der Waals surface area contributed by atoms with Gasteiger partial charge in [0.05, 0.1) is 12.8 Å². The lowest BCUT2D eigenvalue weighted by atomic mass is 10.1. The molecule has 0 amide bonds. The van der Waals surface area contributed by atoms with E-state index in [1.807, 2.05) is 24.0 Å². The SMILES string of the molecule is CCOC(=O)CCCn1cc(C(C)C)cn1. The van der Waals surface area contributed by atoms with E-state index in [1.165, 1.54) is 5.56 Å². The van der Waals surface area contributed by atoms with Crippen LogP contribution in [-0.2, 0) is 16.1 Å². The number of ether oxygens (including phenoxy) is 1. The molecule has 4 heteroatoms. The van der Waals surface area contributed by atoms with Gasteiger partial charge in [-0.2, -0.15) is 5.10 Å². The molecule has 0 aromatic carbocycles. The van der Waals surface area contributed by atoms with E-state index in [1.54, 1.807) is 0 Å². The molecule has 0 radical (unpaired) electrons. The largest absolute Gasteiger partial charge is 0.466 e. The highest BCUT2D eigenvalue weighted by Crippen LogP contribution is 2.12. The summed E-state index contributed by atoms with van der Waals surface area (Å²) in [5.74, 6) is 0.373. The van der Waals surface area contributed by atoms with Gasteiger partial charge in [-0.1, -0.05) is 13.8 Å². The van der Waals surface area contributed by atoms with E-state index in [2.05, 4.69) is 18.9 Å². The molecular weight excluding hydrogens is 204 g/mol. The van der Waals surface area contributed by atoms with Gasteiger partial charge in [-0.15, -0.1) is 0 Å². The van der Waals surface area contributed by atoms with Gasteiger partial charge in [-0.25, -0.2) is 0 Å². The van der Waals surface area contributed by atoms with Crippen LogP contribution in [-0.4, -0.2) is 22.4 Å². The van der Waals surface area contributed by atoms with Gasteiger partial charge in [0.15, 0.2) is 0 Å². The van der Waals surface area contributed by atoms with Crippen LogP contribution in [0.4, 0.5) is 0 Å². The Hall–Kier alpha value is -1.32. The summed E-state index contributed by atoms with van der Waals surface area (Å²) in [5, 5.41) is 4.24. The van der Waals surface area contributed by atoms with Crippen LogP contribution in [0.3, 0.4) is 0 Å². The summed E-state index contributed by atoms with van der Waals surface area (Å²) in [6.45, 7) is 7.32. The molecule has 0 fully saturated rings. The van der Waals surface area contributed by atoms with Crippen molar-refractivity contribution in [3.8, 4) is 0 Å². The fourth-order valence-corrected chi connectivity index (χ4v) is 1.42. The monoisotopic (exact) mass is 224 g/mol. The fourth-order valence-electron chi connectivity index (χ4n) is 1.42. The Kier molecular flexibility index (Phi) is 5.02. The van der Waals surface area contributed by atoms with Crippen LogP contribution < -0.4 is 0 Å². The highest BCUT2D eigenvalue weighted by molar-refractivity contribution is 5.69. The number of aryl methyl sites for hydroxylation is 1. The lowest BCUT2D eigenvalue weighted by Gasteiger charge is -2.02. The van der Waals surface area contributed by atoms with E-state index >= 15 is 0 Å². The first kappa shape index (κ1) is 12.7. The average molecular weight is 224 g/mol. The third kappa shape index (κ3) is 4.04. The molecule has 90 valence electrons. The third-order valence-corrected chi connectivity index (χ3v) is 2.39. The number of carbonyl (C=O) groups is 1. The predicted molar refractivity (Wildman–Crippen MR) is 62.2 cm³/mol. The quantitative estimate of drug-likeness (QED) is 0.697. The first-order chi connectivity index (χ1) is 7.63. The molecule has 1 aromatic heterocycles. The summed E-state index contributed by atoms with van der Waals surface area (Å²) in [6, 6.07) is 0. The Morgan fingerprint density at radius 1 is 1.56 bits per heavy atom. The number of hydrogen-bond acceptors (Lipinski definition) is 3. The van der Waals surface area contributed by atoms with Crippen LogP contribution in [0.2, 0.25) is 0 Å². The van der Waals surface area contributed by atoms with Crippen molar-refractivity contribution in [3.05, 3.63) is 18.0 Å². The number of carbonyl (C=O) groups excluding carboxylic acids is 1. The Balaban J connectivity index is 2.29. The molecule has 1 rings (SSSR count). The van der Waals surface area contributed by atoms with Crippen LogP contribution in [0.25, 0.3) is 0 Å². The fraction of sp³-hybridized carbons (Fsp3) is 0.667. The molecule has 0 bridgehead atoms. The van der Waals surface area contributed by atoms with Crippen molar-refractivity contribution in [2.75, 3.05) is 6.61 Å². The molecule has 1 aromatic rings. The molecule has 0 atom stereocenters. The lowest BCUT2D eigenvalue weighted by molar-refractivity contribution is -0.143. The maximum absolute atomic E-state index is 11.1. The molecular formula is C12H20N2O2. The highest BCUT2D eigenvalue weighted by atomic mass is 16.5. The first-order valence-electron chi connectivity index (χ1n) is 5.81. The molecule has 16 heavy (non-hydrogen) atoms. The van der Waals surface area contributed by atoms with Gasteiger partial charge in [0, 0.05) is 19.2 Å². The van der Waals surface area contributed by atoms with Crippen molar-refractivity contribution in [1.29, 1.82) is 0 Å². The van der Waals surface area contributed by atoms with E-state index in [0.717, 1.165) is 13.0 Å². The Labute approximate surface area is 96.6 Å². The minimum atomic E-state index is -0.126. The summed E-state index contributed by atoms with van der Waals surface area (Å²) >= 11 is 0. The second kappa shape index (κ2) is 6.30. The highest BCUT2D eigenvalue weighted by Gasteiger charge is 2.04. The van der Waals surface area contributed by atoms with Gasteiger partial charge in [-0.05, 0) is 24.8 Å².